The molecule has 26 heavy (non-hydrogen) atoms. The van der Waals surface area contributed by atoms with E-state index in [-0.39, 0.29) is 30.5 Å². The number of aliphatic hydroxyl groups is 1. The minimum Gasteiger partial charge on any atom is -0.469 e. The Bertz CT molecular complexity index is 463. The van der Waals surface area contributed by atoms with Crippen LogP contribution in [-0.2, 0) is 24.0 Å². The molecule has 152 valence electrons. The van der Waals surface area contributed by atoms with Crippen LogP contribution in [0.4, 0.5) is 0 Å². The van der Waals surface area contributed by atoms with Crippen LogP contribution in [0, 0.1) is 5.92 Å². The average molecular weight is 373 g/mol. The smallest absolute Gasteiger partial charge is 0.308 e. The van der Waals surface area contributed by atoms with E-state index in [1.807, 2.05) is 13.8 Å². The van der Waals surface area contributed by atoms with Crippen LogP contribution in [0.2, 0.25) is 0 Å². The van der Waals surface area contributed by atoms with Crippen molar-refractivity contribution in [3.05, 3.63) is 11.6 Å². The highest BCUT2D eigenvalue weighted by Gasteiger charge is 2.42. The fourth-order valence-electron chi connectivity index (χ4n) is 3.58. The number of aliphatic hydroxyl groups excluding tert-OH is 1. The Hall–Kier alpha value is -0.950. The van der Waals surface area contributed by atoms with E-state index >= 15 is 0 Å². The van der Waals surface area contributed by atoms with Crippen LogP contribution in [0.15, 0.2) is 11.6 Å². The molecule has 0 spiro atoms. The van der Waals surface area contributed by atoms with Crippen LogP contribution in [0.3, 0.4) is 0 Å². The molecule has 1 aliphatic heterocycles. The van der Waals surface area contributed by atoms with Crippen LogP contribution >= 0.6 is 0 Å². The molecular formula is C20H36O6. The summed E-state index contributed by atoms with van der Waals surface area (Å²) in [5.74, 6) is -0.106. The molecule has 0 bridgehead atoms. The van der Waals surface area contributed by atoms with Crippen LogP contribution in [-0.4, -0.2) is 49.2 Å². The second-order valence-corrected chi connectivity index (χ2v) is 6.99. The fraction of sp³-hybridized carbons (Fsp3) is 0.850. The normalized spacial score (nSPS) is 29.3. The van der Waals surface area contributed by atoms with Crippen molar-refractivity contribution < 1.29 is 29.1 Å². The van der Waals surface area contributed by atoms with Crippen molar-refractivity contribution in [1.29, 1.82) is 0 Å². The Labute approximate surface area is 157 Å². The van der Waals surface area contributed by atoms with Gasteiger partial charge in [0.05, 0.1) is 19.6 Å². The second-order valence-electron chi connectivity index (χ2n) is 6.99. The Morgan fingerprint density at radius 2 is 2.00 bits per heavy atom. The van der Waals surface area contributed by atoms with E-state index in [2.05, 4.69) is 19.9 Å². The molecule has 0 aromatic rings. The summed E-state index contributed by atoms with van der Waals surface area (Å²) in [4.78, 5) is 23.1. The first-order chi connectivity index (χ1) is 12.4. The summed E-state index contributed by atoms with van der Waals surface area (Å²) < 4.78 is 10.3. The van der Waals surface area contributed by atoms with E-state index < -0.39 is 11.7 Å². The SMILES string of the molecule is CC/C(=C\[C@@]1(CC)C[C@H](CC)[C@H](CC(=O)OC)OO1)C(OC)C(O)CC. The third kappa shape index (κ3) is 5.78. The Morgan fingerprint density at radius 1 is 1.31 bits per heavy atom. The van der Waals surface area contributed by atoms with Gasteiger partial charge in [-0.3, -0.25) is 4.79 Å². The van der Waals surface area contributed by atoms with Crippen LogP contribution < -0.4 is 0 Å². The molecule has 1 aliphatic rings. The van der Waals surface area contributed by atoms with Gasteiger partial charge >= 0.3 is 5.97 Å². The zero-order valence-electron chi connectivity index (χ0n) is 17.1. The lowest BCUT2D eigenvalue weighted by Crippen LogP contribution is -2.45. The Balaban J connectivity index is 3.05. The lowest BCUT2D eigenvalue weighted by Gasteiger charge is -2.42. The first-order valence-electron chi connectivity index (χ1n) is 9.73. The summed E-state index contributed by atoms with van der Waals surface area (Å²) in [5, 5.41) is 10.3. The predicted molar refractivity (Wildman–Crippen MR) is 99.5 cm³/mol. The highest BCUT2D eigenvalue weighted by atomic mass is 17.2. The number of carbonyl (C=O) groups is 1. The standard InChI is InChI=1S/C20H36O6/c1-7-14-12-20(10-4,26-25-17(14)11-18(22)23-5)13-15(8-2)19(24-6)16(21)9-3/h13-14,16-17,19,21H,7-12H2,1-6H3/b15-13+/t14-,16?,17-,19?,20+/m0/s1. The van der Waals surface area contributed by atoms with Gasteiger partial charge in [0, 0.05) is 7.11 Å². The molecule has 0 aliphatic carbocycles. The number of ether oxygens (including phenoxy) is 2. The summed E-state index contributed by atoms with van der Waals surface area (Å²) >= 11 is 0. The molecule has 1 heterocycles. The van der Waals surface area contributed by atoms with E-state index in [9.17, 15) is 9.90 Å². The van der Waals surface area contributed by atoms with E-state index in [1.54, 1.807) is 7.11 Å². The maximum atomic E-state index is 11.6. The second kappa shape index (κ2) is 11.0. The van der Waals surface area contributed by atoms with Crippen molar-refractivity contribution in [2.45, 2.75) is 90.1 Å². The molecule has 1 saturated heterocycles. The van der Waals surface area contributed by atoms with Crippen molar-refractivity contribution in [3.8, 4) is 0 Å². The van der Waals surface area contributed by atoms with Gasteiger partial charge < -0.3 is 14.6 Å². The zero-order valence-corrected chi connectivity index (χ0v) is 17.1. The number of hydrogen-bond acceptors (Lipinski definition) is 6. The molecule has 0 radical (unpaired) electrons. The van der Waals surface area contributed by atoms with E-state index in [0.717, 1.165) is 31.3 Å². The van der Waals surface area contributed by atoms with Crippen LogP contribution in [0.1, 0.15) is 66.2 Å². The van der Waals surface area contributed by atoms with Crippen LogP contribution in [0.5, 0.6) is 0 Å². The molecule has 0 saturated carbocycles. The predicted octanol–water partition coefficient (Wildman–Crippen LogP) is 3.57. The quantitative estimate of drug-likeness (QED) is 0.359. The average Bonchev–Trinajstić information content (AvgIpc) is 2.68. The van der Waals surface area contributed by atoms with Crippen molar-refractivity contribution in [3.63, 3.8) is 0 Å². The van der Waals surface area contributed by atoms with Gasteiger partial charge in [-0.15, -0.1) is 0 Å². The first-order valence-corrected chi connectivity index (χ1v) is 9.73. The van der Waals surface area contributed by atoms with Crippen molar-refractivity contribution in [2.75, 3.05) is 14.2 Å². The largest absolute Gasteiger partial charge is 0.469 e. The monoisotopic (exact) mass is 372 g/mol. The van der Waals surface area contributed by atoms with Gasteiger partial charge in [0.1, 0.15) is 17.8 Å². The summed E-state index contributed by atoms with van der Waals surface area (Å²) in [6, 6.07) is 0. The molecule has 5 atom stereocenters. The lowest BCUT2D eigenvalue weighted by atomic mass is 9.80. The van der Waals surface area contributed by atoms with Gasteiger partial charge in [0.15, 0.2) is 0 Å². The molecule has 2 unspecified atom stereocenters. The molecule has 6 heteroatoms. The number of methoxy groups -OCH3 is 2. The van der Waals surface area contributed by atoms with E-state index in [0.29, 0.717) is 6.42 Å². The van der Waals surface area contributed by atoms with Gasteiger partial charge in [-0.25, -0.2) is 9.78 Å². The molecular weight excluding hydrogens is 336 g/mol. The van der Waals surface area contributed by atoms with Crippen molar-refractivity contribution >= 4 is 5.97 Å². The lowest BCUT2D eigenvalue weighted by molar-refractivity contribution is -0.409. The van der Waals surface area contributed by atoms with Gasteiger partial charge in [0.2, 0.25) is 0 Å². The van der Waals surface area contributed by atoms with Gasteiger partial charge in [0.25, 0.3) is 0 Å². The van der Waals surface area contributed by atoms with Gasteiger partial charge in [-0.05, 0) is 43.3 Å². The Kier molecular flexibility index (Phi) is 9.79. The Morgan fingerprint density at radius 3 is 2.46 bits per heavy atom. The summed E-state index contributed by atoms with van der Waals surface area (Å²) in [5.41, 5.74) is 0.427. The summed E-state index contributed by atoms with van der Waals surface area (Å²) in [6.07, 6.45) is 4.78. The van der Waals surface area contributed by atoms with Gasteiger partial charge in [-0.1, -0.05) is 34.1 Å². The number of rotatable bonds is 10. The number of carbonyl (C=O) groups excluding carboxylic acids is 1. The maximum Gasteiger partial charge on any atom is 0.308 e. The highest BCUT2D eigenvalue weighted by molar-refractivity contribution is 5.69. The molecule has 1 N–H and O–H groups in total. The third-order valence-corrected chi connectivity index (χ3v) is 5.43. The van der Waals surface area contributed by atoms with Crippen molar-refractivity contribution in [1.82, 2.24) is 0 Å². The maximum absolute atomic E-state index is 11.6. The summed E-state index contributed by atoms with van der Waals surface area (Å²) in [6.45, 7) is 8.13. The number of hydrogen-bond donors (Lipinski definition) is 1. The van der Waals surface area contributed by atoms with Crippen molar-refractivity contribution in [2.24, 2.45) is 5.92 Å². The van der Waals surface area contributed by atoms with Gasteiger partial charge in [-0.2, -0.15) is 0 Å². The molecule has 1 fully saturated rings. The fourth-order valence-corrected chi connectivity index (χ4v) is 3.58. The minimum atomic E-state index is -0.580. The van der Waals surface area contributed by atoms with E-state index in [4.69, 9.17) is 19.2 Å². The topological polar surface area (TPSA) is 74.2 Å². The molecule has 0 aromatic heterocycles. The number of esters is 1. The van der Waals surface area contributed by atoms with E-state index in [1.165, 1.54) is 7.11 Å². The summed E-state index contributed by atoms with van der Waals surface area (Å²) in [7, 11) is 2.99. The highest BCUT2D eigenvalue weighted by Crippen LogP contribution is 2.39. The van der Waals surface area contributed by atoms with Crippen LogP contribution in [0.25, 0.3) is 0 Å². The molecule has 0 aromatic carbocycles. The zero-order chi connectivity index (χ0) is 19.7. The molecule has 6 nitrogen and oxygen atoms in total. The first kappa shape index (κ1) is 23.1. The molecule has 1 rings (SSSR count). The minimum absolute atomic E-state index is 0.189. The molecule has 0 amide bonds. The third-order valence-electron chi connectivity index (χ3n) is 5.43.